The Kier molecular flexibility index (Phi) is 9.98. The molecule has 360 valence electrons. The van der Waals surface area contributed by atoms with E-state index in [0.29, 0.717) is 11.5 Å². The molecule has 0 saturated carbocycles. The van der Waals surface area contributed by atoms with Gasteiger partial charge in [0, 0.05) is 67.5 Å². The van der Waals surface area contributed by atoms with E-state index in [1.165, 1.54) is 55.6 Å². The number of fused-ring (bicyclic) bond motifs is 4. The van der Waals surface area contributed by atoms with Crippen molar-refractivity contribution in [3.05, 3.63) is 299 Å². The standard InChI is InChI=1S/C68H49N4O.Pt/c1-66(2,3)45-38-39-69-63(40-45)72-59-33-16-11-24-49(59)50-37-36-48(42-62(50)72)73-47-23-19-22-46(41-47)70-43-71(61-35-18-17-34-60(61)70)68-57-31-14-12-29-55(57)67(44-20-5-4-6-21-44,56-30-13-15-32-58(56)68)64-51-25-7-9-27-53(51)65(68)54-28-10-8-26-52(54)64;/h4-40,43,64-65H,1-3H3;/q-3;. The molecule has 1 aliphatic heterocycles. The minimum atomic E-state index is -0.744. The first kappa shape index (κ1) is 44.7. The van der Waals surface area contributed by atoms with Gasteiger partial charge in [-0.05, 0) is 96.8 Å². The Morgan fingerprint density at radius 1 is 0.527 bits per heavy atom. The third-order valence-electron chi connectivity index (χ3n) is 16.5. The molecule has 0 atom stereocenters. The quantitative estimate of drug-likeness (QED) is 0.155. The maximum absolute atomic E-state index is 6.83. The third-order valence-corrected chi connectivity index (χ3v) is 16.5. The van der Waals surface area contributed by atoms with Crippen molar-refractivity contribution in [2.75, 3.05) is 9.80 Å². The van der Waals surface area contributed by atoms with Crippen molar-refractivity contribution in [2.24, 2.45) is 0 Å². The largest absolute Gasteiger partial charge is 0.509 e. The van der Waals surface area contributed by atoms with Crippen LogP contribution in [0.15, 0.2) is 225 Å². The summed E-state index contributed by atoms with van der Waals surface area (Å²) in [6, 6.07) is 88.2. The number of nitrogens with zero attached hydrogens (tertiary/aromatic N) is 4. The number of aromatic nitrogens is 2. The van der Waals surface area contributed by atoms with Crippen LogP contribution in [0.25, 0.3) is 27.6 Å². The van der Waals surface area contributed by atoms with Crippen LogP contribution in [0.2, 0.25) is 0 Å². The second kappa shape index (κ2) is 16.5. The second-order valence-corrected chi connectivity index (χ2v) is 21.1. The van der Waals surface area contributed by atoms with E-state index in [1.807, 2.05) is 18.3 Å². The van der Waals surface area contributed by atoms with E-state index >= 15 is 0 Å². The van der Waals surface area contributed by atoms with Gasteiger partial charge in [0.1, 0.15) is 5.82 Å². The van der Waals surface area contributed by atoms with Crippen molar-refractivity contribution in [1.82, 2.24) is 9.55 Å². The first-order valence-corrected chi connectivity index (χ1v) is 25.4. The molecule has 9 aromatic carbocycles. The van der Waals surface area contributed by atoms with Crippen molar-refractivity contribution >= 4 is 38.9 Å². The molecule has 6 aliphatic carbocycles. The van der Waals surface area contributed by atoms with Crippen LogP contribution in [-0.4, -0.2) is 9.55 Å². The summed E-state index contributed by atoms with van der Waals surface area (Å²) < 4.78 is 9.03. The van der Waals surface area contributed by atoms with Crippen molar-refractivity contribution in [1.29, 1.82) is 0 Å². The SMILES string of the molecule is CC(C)(C)c1ccnc(-n2c3[c-]c(Oc4[c-]c(N5[CH-]N(C67c8ccccc8C(c8ccccc8)(c8ccccc86)C6c8ccccc8C7c7ccccc76)c6ccccc65)ccc4)ccc3c3ccccc32)c1.[Pt]. The molecule has 11 aromatic rings. The zero-order valence-electron chi connectivity index (χ0n) is 41.1. The normalized spacial score (nSPS) is 19.7. The molecular formula is C68H49N4OPt-3. The second-order valence-electron chi connectivity index (χ2n) is 21.1. The van der Waals surface area contributed by atoms with Crippen molar-refractivity contribution in [3.63, 3.8) is 0 Å². The first-order valence-electron chi connectivity index (χ1n) is 25.4. The molecule has 0 amide bonds. The van der Waals surface area contributed by atoms with Crippen LogP contribution in [0, 0.1) is 18.8 Å². The number of anilines is 3. The molecule has 0 saturated heterocycles. The van der Waals surface area contributed by atoms with Gasteiger partial charge in [0.25, 0.3) is 0 Å². The summed E-state index contributed by atoms with van der Waals surface area (Å²) in [5.41, 5.74) is 17.0. The maximum Gasteiger partial charge on any atom is 0.135 e. The maximum atomic E-state index is 6.83. The zero-order chi connectivity index (χ0) is 48.6. The summed E-state index contributed by atoms with van der Waals surface area (Å²) in [7, 11) is 0. The summed E-state index contributed by atoms with van der Waals surface area (Å²) in [4.78, 5) is 9.83. The van der Waals surface area contributed by atoms with Crippen molar-refractivity contribution in [2.45, 2.75) is 49.0 Å². The van der Waals surface area contributed by atoms with Gasteiger partial charge < -0.3 is 19.1 Å². The van der Waals surface area contributed by atoms with Crippen LogP contribution < -0.4 is 14.5 Å². The molecular weight excluding hydrogens is 1080 g/mol. The average molecular weight is 1130 g/mol. The van der Waals surface area contributed by atoms with Gasteiger partial charge in [-0.25, -0.2) is 4.98 Å². The monoisotopic (exact) mass is 1130 g/mol. The van der Waals surface area contributed by atoms with E-state index in [-0.39, 0.29) is 38.3 Å². The van der Waals surface area contributed by atoms with Gasteiger partial charge in [0.05, 0.1) is 11.0 Å². The van der Waals surface area contributed by atoms with E-state index < -0.39 is 11.0 Å². The molecule has 6 heteroatoms. The number of ether oxygens (including phenoxy) is 1. The van der Waals surface area contributed by atoms with Crippen LogP contribution in [0.5, 0.6) is 11.5 Å². The van der Waals surface area contributed by atoms with Gasteiger partial charge in [-0.2, -0.15) is 18.8 Å². The topological polar surface area (TPSA) is 33.5 Å². The summed E-state index contributed by atoms with van der Waals surface area (Å²) in [5, 5.41) is 2.23. The fraction of sp³-hybridized carbons (Fsp3) is 0.118. The molecule has 7 aliphatic rings. The summed E-state index contributed by atoms with van der Waals surface area (Å²) >= 11 is 0. The fourth-order valence-electron chi connectivity index (χ4n) is 13.7. The van der Waals surface area contributed by atoms with E-state index in [4.69, 9.17) is 9.72 Å². The van der Waals surface area contributed by atoms with E-state index in [9.17, 15) is 0 Å². The molecule has 74 heavy (non-hydrogen) atoms. The number of pyridine rings is 1. The Hall–Kier alpha value is -7.98. The number of benzene rings is 9. The minimum Gasteiger partial charge on any atom is -0.509 e. The van der Waals surface area contributed by atoms with Gasteiger partial charge in [0.15, 0.2) is 0 Å². The molecule has 0 spiro atoms. The predicted octanol–water partition coefficient (Wildman–Crippen LogP) is 15.8. The van der Waals surface area contributed by atoms with Crippen LogP contribution in [-0.2, 0) is 37.4 Å². The Labute approximate surface area is 446 Å². The third kappa shape index (κ3) is 6.05. The van der Waals surface area contributed by atoms with Crippen LogP contribution in [0.3, 0.4) is 0 Å². The van der Waals surface area contributed by atoms with Gasteiger partial charge in [0.2, 0.25) is 0 Å². The Balaban J connectivity index is 0.00000505. The number of para-hydroxylation sites is 3. The van der Waals surface area contributed by atoms with E-state index in [2.05, 4.69) is 260 Å². The number of hydrogen-bond acceptors (Lipinski definition) is 4. The summed E-state index contributed by atoms with van der Waals surface area (Å²) in [6.07, 6.45) is 1.91. The summed E-state index contributed by atoms with van der Waals surface area (Å²) in [5.74, 6) is 2.00. The van der Waals surface area contributed by atoms with E-state index in [1.54, 1.807) is 0 Å². The Morgan fingerprint density at radius 2 is 1.11 bits per heavy atom. The first-order chi connectivity index (χ1) is 35.8. The smallest absolute Gasteiger partial charge is 0.135 e. The van der Waals surface area contributed by atoms with Gasteiger partial charge in [-0.3, -0.25) is 0 Å². The molecule has 5 nitrogen and oxygen atoms in total. The predicted molar refractivity (Wildman–Crippen MR) is 293 cm³/mol. The molecule has 0 radical (unpaired) electrons. The Bertz CT molecular complexity index is 3940. The zero-order valence-corrected chi connectivity index (χ0v) is 43.4. The van der Waals surface area contributed by atoms with Crippen molar-refractivity contribution < 1.29 is 25.8 Å². The fourth-order valence-corrected chi connectivity index (χ4v) is 13.7. The molecule has 0 fully saturated rings. The molecule has 0 unspecified atom stereocenters. The molecule has 2 aromatic heterocycles. The molecule has 0 N–H and O–H groups in total. The number of rotatable bonds is 6. The molecule has 3 heterocycles. The minimum absolute atomic E-state index is 0. The van der Waals surface area contributed by atoms with Crippen LogP contribution in [0.4, 0.5) is 17.1 Å². The number of hydrogen-bond donors (Lipinski definition) is 0. The molecule has 4 bridgehead atoms. The van der Waals surface area contributed by atoms with E-state index in [0.717, 1.165) is 44.7 Å². The average Bonchev–Trinajstić information content (AvgIpc) is 4.01. The van der Waals surface area contributed by atoms with Gasteiger partial charge in [-0.15, -0.1) is 41.4 Å². The Morgan fingerprint density at radius 3 is 1.80 bits per heavy atom. The molecule has 18 rings (SSSR count). The van der Waals surface area contributed by atoms with Crippen molar-refractivity contribution in [3.8, 4) is 17.3 Å². The summed E-state index contributed by atoms with van der Waals surface area (Å²) in [6.45, 7) is 9.05. The van der Waals surface area contributed by atoms with Crippen LogP contribution in [0.1, 0.15) is 88.2 Å². The van der Waals surface area contributed by atoms with Gasteiger partial charge in [-0.1, -0.05) is 184 Å². The van der Waals surface area contributed by atoms with Crippen LogP contribution >= 0.6 is 0 Å². The van der Waals surface area contributed by atoms with Gasteiger partial charge >= 0.3 is 0 Å².